The first kappa shape index (κ1) is 29.7. The van der Waals surface area contributed by atoms with E-state index in [0.717, 1.165) is 4.47 Å². The van der Waals surface area contributed by atoms with Crippen LogP contribution in [-0.4, -0.2) is 35.5 Å². The second kappa shape index (κ2) is 12.1. The second-order valence-electron chi connectivity index (χ2n) is 9.68. The quantitative estimate of drug-likeness (QED) is 0.212. The molecule has 0 atom stereocenters. The van der Waals surface area contributed by atoms with E-state index in [4.69, 9.17) is 26.1 Å². The van der Waals surface area contributed by atoms with Gasteiger partial charge in [0.1, 0.15) is 16.7 Å². The van der Waals surface area contributed by atoms with Crippen LogP contribution in [0.15, 0.2) is 67.4 Å². The zero-order valence-corrected chi connectivity index (χ0v) is 25.8. The summed E-state index contributed by atoms with van der Waals surface area (Å²) in [5.74, 6) is -0.171. The van der Waals surface area contributed by atoms with Crippen LogP contribution in [0.3, 0.4) is 0 Å². The number of nitrogens with zero attached hydrogens (tertiary/aromatic N) is 3. The first-order valence-corrected chi connectivity index (χ1v) is 13.9. The average molecular weight is 695 g/mol. The molecule has 0 aliphatic heterocycles. The fourth-order valence-electron chi connectivity index (χ4n) is 3.75. The number of rotatable bonds is 7. The monoisotopic (exact) mass is 692 g/mol. The summed E-state index contributed by atoms with van der Waals surface area (Å²) in [5.41, 5.74) is 0.525. The number of aromatic nitrogens is 2. The summed E-state index contributed by atoms with van der Waals surface area (Å²) >= 11 is 13.4. The van der Waals surface area contributed by atoms with Crippen molar-refractivity contribution in [2.24, 2.45) is 5.10 Å². The number of carbonyl (C=O) groups is 1. The fourth-order valence-corrected chi connectivity index (χ4v) is 4.76. The molecule has 40 heavy (non-hydrogen) atoms. The van der Waals surface area contributed by atoms with Gasteiger partial charge in [0, 0.05) is 25.6 Å². The number of methoxy groups -OCH3 is 1. The molecule has 0 aliphatic carbocycles. The van der Waals surface area contributed by atoms with E-state index >= 15 is 0 Å². The van der Waals surface area contributed by atoms with Gasteiger partial charge in [-0.3, -0.25) is 9.59 Å². The minimum absolute atomic E-state index is 0.118. The molecule has 0 bridgehead atoms. The number of nitrogens with one attached hydrogen (secondary N) is 1. The highest BCUT2D eigenvalue weighted by molar-refractivity contribution is 9.10. The number of hydrogen-bond acceptors (Lipinski definition) is 6. The average Bonchev–Trinajstić information content (AvgIpc) is 2.89. The summed E-state index contributed by atoms with van der Waals surface area (Å²) in [5, 5.41) is 7.57. The molecule has 1 heterocycles. The molecule has 12 heteroatoms. The van der Waals surface area contributed by atoms with Crippen LogP contribution in [0, 0.1) is 5.82 Å². The molecule has 0 saturated carbocycles. The van der Waals surface area contributed by atoms with E-state index in [1.54, 1.807) is 24.3 Å². The van der Waals surface area contributed by atoms with E-state index in [2.05, 4.69) is 42.3 Å². The molecule has 1 aromatic heterocycles. The lowest BCUT2D eigenvalue weighted by atomic mass is 9.95. The van der Waals surface area contributed by atoms with Crippen LogP contribution in [0.2, 0.25) is 5.02 Å². The van der Waals surface area contributed by atoms with Crippen molar-refractivity contribution in [2.75, 3.05) is 19.0 Å². The van der Waals surface area contributed by atoms with Crippen LogP contribution < -0.4 is 20.3 Å². The van der Waals surface area contributed by atoms with Crippen LogP contribution in [0.5, 0.6) is 11.5 Å². The van der Waals surface area contributed by atoms with Crippen molar-refractivity contribution in [2.45, 2.75) is 26.2 Å². The number of ether oxygens (including phenoxy) is 2. The van der Waals surface area contributed by atoms with E-state index in [9.17, 15) is 14.0 Å². The molecule has 0 spiro atoms. The van der Waals surface area contributed by atoms with Gasteiger partial charge >= 0.3 is 0 Å². The van der Waals surface area contributed by atoms with Gasteiger partial charge in [0.05, 0.1) is 24.2 Å². The molecule has 0 unspecified atom stereocenters. The molecule has 0 aliphatic rings. The van der Waals surface area contributed by atoms with Gasteiger partial charge in [-0.2, -0.15) is 9.78 Å². The SMILES string of the molecule is COc1cc(C=Nn2c(C(C)(C)C)nc3ccc(Br)cc3c2=O)c(Br)c(Cl)c1OCC(=O)Nc1cccc(F)c1. The van der Waals surface area contributed by atoms with Gasteiger partial charge in [0.15, 0.2) is 18.1 Å². The number of carbonyl (C=O) groups excluding carboxylic acids is 1. The normalized spacial score (nSPS) is 11.7. The van der Waals surface area contributed by atoms with Crippen molar-refractivity contribution in [1.29, 1.82) is 0 Å². The van der Waals surface area contributed by atoms with Crippen molar-refractivity contribution >= 4 is 72.2 Å². The molecule has 0 radical (unpaired) electrons. The van der Waals surface area contributed by atoms with Gasteiger partial charge in [-0.25, -0.2) is 9.37 Å². The Morgan fingerprint density at radius 2 is 1.95 bits per heavy atom. The van der Waals surface area contributed by atoms with E-state index in [1.165, 1.54) is 36.2 Å². The summed E-state index contributed by atoms with van der Waals surface area (Å²) in [7, 11) is 1.42. The Bertz CT molecular complexity index is 1700. The van der Waals surface area contributed by atoms with Crippen molar-refractivity contribution in [3.05, 3.63) is 90.1 Å². The Hall–Kier alpha value is -3.28. The summed E-state index contributed by atoms with van der Waals surface area (Å²) in [4.78, 5) is 30.5. The number of fused-ring (bicyclic) bond motifs is 1. The zero-order chi connectivity index (χ0) is 29.2. The van der Waals surface area contributed by atoms with Gasteiger partial charge in [0.25, 0.3) is 11.5 Å². The van der Waals surface area contributed by atoms with Gasteiger partial charge in [0.2, 0.25) is 0 Å². The largest absolute Gasteiger partial charge is 0.493 e. The molecule has 0 saturated heterocycles. The Balaban J connectivity index is 1.66. The summed E-state index contributed by atoms with van der Waals surface area (Å²) < 4.78 is 26.9. The molecule has 4 aromatic rings. The molecule has 1 amide bonds. The maximum absolute atomic E-state index is 13.4. The Morgan fingerprint density at radius 3 is 2.62 bits per heavy atom. The number of anilines is 1. The molecule has 8 nitrogen and oxygen atoms in total. The van der Waals surface area contributed by atoms with Crippen LogP contribution >= 0.6 is 43.5 Å². The predicted octanol–water partition coefficient (Wildman–Crippen LogP) is 6.92. The predicted molar refractivity (Wildman–Crippen MR) is 162 cm³/mol. The van der Waals surface area contributed by atoms with Crippen LogP contribution in [0.1, 0.15) is 32.2 Å². The molecular weight excluding hydrogens is 671 g/mol. The van der Waals surface area contributed by atoms with Crippen LogP contribution in [0.25, 0.3) is 10.9 Å². The maximum atomic E-state index is 13.4. The molecule has 1 N–H and O–H groups in total. The Labute approximate surface area is 251 Å². The number of hydrogen-bond donors (Lipinski definition) is 1. The number of halogens is 4. The highest BCUT2D eigenvalue weighted by Gasteiger charge is 2.23. The first-order valence-electron chi connectivity index (χ1n) is 11.9. The molecule has 4 rings (SSSR count). The third kappa shape index (κ3) is 6.54. The fraction of sp³-hybridized carbons (Fsp3) is 0.214. The molecule has 208 valence electrons. The summed E-state index contributed by atoms with van der Waals surface area (Å²) in [6, 6.07) is 12.4. The lowest BCUT2D eigenvalue weighted by Crippen LogP contribution is -2.29. The maximum Gasteiger partial charge on any atom is 0.282 e. The van der Waals surface area contributed by atoms with Crippen molar-refractivity contribution in [1.82, 2.24) is 9.66 Å². The van der Waals surface area contributed by atoms with Crippen molar-refractivity contribution in [3.63, 3.8) is 0 Å². The number of amides is 1. The van der Waals surface area contributed by atoms with Crippen LogP contribution in [0.4, 0.5) is 10.1 Å². The minimum atomic E-state index is -0.519. The van der Waals surface area contributed by atoms with Gasteiger partial charge in [-0.15, -0.1) is 0 Å². The molecule has 0 fully saturated rings. The lowest BCUT2D eigenvalue weighted by molar-refractivity contribution is -0.118. The smallest absolute Gasteiger partial charge is 0.282 e. The highest BCUT2D eigenvalue weighted by atomic mass is 79.9. The minimum Gasteiger partial charge on any atom is -0.493 e. The van der Waals surface area contributed by atoms with E-state index in [1.807, 2.05) is 26.8 Å². The Morgan fingerprint density at radius 1 is 1.20 bits per heavy atom. The van der Waals surface area contributed by atoms with E-state index in [-0.39, 0.29) is 22.1 Å². The Kier molecular flexibility index (Phi) is 8.96. The topological polar surface area (TPSA) is 94.8 Å². The summed E-state index contributed by atoms with van der Waals surface area (Å²) in [6.07, 6.45) is 1.46. The standard InChI is InChI=1S/C28H24Br2ClFN4O4/c1-28(2,3)27-35-20-9-8-16(29)11-19(20)26(38)36(27)33-13-15-10-21(39-4)25(24(31)23(15)30)40-14-22(37)34-18-7-5-6-17(32)12-18/h5-13H,14H2,1-4H3,(H,34,37). The van der Waals surface area contributed by atoms with Crippen molar-refractivity contribution < 1.29 is 18.7 Å². The highest BCUT2D eigenvalue weighted by Crippen LogP contribution is 2.42. The van der Waals surface area contributed by atoms with Crippen molar-refractivity contribution in [3.8, 4) is 11.5 Å². The van der Waals surface area contributed by atoms with E-state index < -0.39 is 23.7 Å². The van der Waals surface area contributed by atoms with Gasteiger partial charge in [-0.05, 0) is 58.4 Å². The molecular formula is C28H24Br2ClFN4O4. The van der Waals surface area contributed by atoms with Gasteiger partial charge in [-0.1, -0.05) is 54.4 Å². The second-order valence-corrected chi connectivity index (χ2v) is 11.8. The third-order valence-corrected chi connectivity index (χ3v) is 7.56. The first-order chi connectivity index (χ1) is 18.9. The number of benzene rings is 3. The van der Waals surface area contributed by atoms with E-state index in [0.29, 0.717) is 32.5 Å². The lowest BCUT2D eigenvalue weighted by Gasteiger charge is -2.21. The third-order valence-electron chi connectivity index (χ3n) is 5.62. The zero-order valence-electron chi connectivity index (χ0n) is 21.9. The molecule has 3 aromatic carbocycles. The van der Waals surface area contributed by atoms with Crippen LogP contribution in [-0.2, 0) is 10.2 Å². The van der Waals surface area contributed by atoms with Gasteiger partial charge < -0.3 is 14.8 Å². The summed E-state index contributed by atoms with van der Waals surface area (Å²) in [6.45, 7) is 5.42.